The molecule has 0 atom stereocenters. The number of anilines is 1. The van der Waals surface area contributed by atoms with E-state index in [0.29, 0.717) is 35.3 Å². The van der Waals surface area contributed by atoms with Gasteiger partial charge in [-0.15, -0.1) is 0 Å². The minimum Gasteiger partial charge on any atom is -0.478 e. The fourth-order valence-corrected chi connectivity index (χ4v) is 2.69. The molecule has 0 aliphatic heterocycles. The van der Waals surface area contributed by atoms with Crippen LogP contribution in [0.4, 0.5) is 5.69 Å². The average Bonchev–Trinajstić information content (AvgIpc) is 3.09. The third-order valence-corrected chi connectivity index (χ3v) is 4.50. The van der Waals surface area contributed by atoms with Gasteiger partial charge in [0.2, 0.25) is 0 Å². The van der Waals surface area contributed by atoms with Crippen LogP contribution in [-0.2, 0) is 16.1 Å². The van der Waals surface area contributed by atoms with Gasteiger partial charge < -0.3 is 14.8 Å². The van der Waals surface area contributed by atoms with E-state index in [1.807, 2.05) is 0 Å². The fraction of sp³-hybridized carbons (Fsp3) is 0.300. The summed E-state index contributed by atoms with van der Waals surface area (Å²) in [6.07, 6.45) is 0. The molecule has 0 aliphatic rings. The number of methoxy groups -OCH3 is 1. The number of carbonyl (C=O) groups excluding carboxylic acids is 1. The number of aromatic nitrogens is 4. The van der Waals surface area contributed by atoms with Crippen molar-refractivity contribution in [1.82, 2.24) is 19.8 Å². The summed E-state index contributed by atoms with van der Waals surface area (Å²) in [7, 11) is 1.55. The Balaban J connectivity index is 1.67. The Morgan fingerprint density at radius 1 is 1.10 bits per heavy atom. The minimum absolute atomic E-state index is 0.312. The zero-order valence-electron chi connectivity index (χ0n) is 16.8. The molecule has 0 fully saturated rings. The third-order valence-electron chi connectivity index (χ3n) is 4.25. The van der Waals surface area contributed by atoms with E-state index in [-0.39, 0.29) is 11.6 Å². The van der Waals surface area contributed by atoms with Crippen molar-refractivity contribution in [2.24, 2.45) is 0 Å². The highest BCUT2D eigenvalue weighted by Gasteiger charge is 2.30. The third kappa shape index (κ3) is 5.05. The quantitative estimate of drug-likeness (QED) is 0.588. The van der Waals surface area contributed by atoms with Gasteiger partial charge in [-0.2, -0.15) is 9.36 Å². The van der Waals surface area contributed by atoms with Crippen LogP contribution in [0.25, 0.3) is 5.69 Å². The van der Waals surface area contributed by atoms with Crippen LogP contribution < -0.4 is 15.7 Å². The average molecular weight is 432 g/mol. The highest BCUT2D eigenvalue weighted by molar-refractivity contribution is 6.30. The SMILES string of the molecule is COCCn1nnn(-c2ccc(NC(=O)C(C)(C)Oc3ccc(Cl)cc3)cc2)c1=O. The van der Waals surface area contributed by atoms with Gasteiger partial charge in [0.15, 0.2) is 5.60 Å². The molecule has 0 saturated carbocycles. The molecule has 3 rings (SSSR count). The number of hydrogen-bond acceptors (Lipinski definition) is 6. The summed E-state index contributed by atoms with van der Waals surface area (Å²) in [6, 6.07) is 13.5. The molecule has 10 heteroatoms. The second-order valence-electron chi connectivity index (χ2n) is 6.96. The maximum Gasteiger partial charge on any atom is 0.368 e. The van der Waals surface area contributed by atoms with Gasteiger partial charge in [0.1, 0.15) is 5.75 Å². The summed E-state index contributed by atoms with van der Waals surface area (Å²) < 4.78 is 13.1. The van der Waals surface area contributed by atoms with Crippen LogP contribution in [0.2, 0.25) is 5.02 Å². The van der Waals surface area contributed by atoms with Crippen LogP contribution in [0.15, 0.2) is 53.3 Å². The van der Waals surface area contributed by atoms with Crippen LogP contribution in [0.1, 0.15) is 13.8 Å². The van der Waals surface area contributed by atoms with E-state index in [9.17, 15) is 9.59 Å². The van der Waals surface area contributed by atoms with Crippen molar-refractivity contribution < 1.29 is 14.3 Å². The summed E-state index contributed by atoms with van der Waals surface area (Å²) >= 11 is 5.87. The van der Waals surface area contributed by atoms with Crippen LogP contribution in [0, 0.1) is 0 Å². The van der Waals surface area contributed by atoms with E-state index in [4.69, 9.17) is 21.1 Å². The molecule has 1 N–H and O–H groups in total. The molecule has 0 saturated heterocycles. The molecule has 3 aromatic rings. The molecular formula is C20H22ClN5O4. The molecule has 0 radical (unpaired) electrons. The monoisotopic (exact) mass is 431 g/mol. The van der Waals surface area contributed by atoms with Crippen LogP contribution in [0.5, 0.6) is 5.75 Å². The van der Waals surface area contributed by atoms with Gasteiger partial charge in [0.25, 0.3) is 5.91 Å². The van der Waals surface area contributed by atoms with Crippen molar-refractivity contribution in [2.75, 3.05) is 19.0 Å². The van der Waals surface area contributed by atoms with Crippen molar-refractivity contribution >= 4 is 23.2 Å². The Labute approximate surface area is 178 Å². The van der Waals surface area contributed by atoms with E-state index in [1.54, 1.807) is 69.5 Å². The standard InChI is InChI=1S/C20H22ClN5O4/c1-20(2,30-17-10-4-14(21)5-11-17)18(27)22-15-6-8-16(9-7-15)26-19(28)25(23-24-26)12-13-29-3/h4-11H,12-13H2,1-3H3,(H,22,27). The smallest absolute Gasteiger partial charge is 0.368 e. The lowest BCUT2D eigenvalue weighted by Crippen LogP contribution is -2.42. The number of nitrogens with one attached hydrogen (secondary N) is 1. The van der Waals surface area contributed by atoms with Crippen molar-refractivity contribution in [2.45, 2.75) is 26.0 Å². The molecule has 9 nitrogen and oxygen atoms in total. The number of tetrazole rings is 1. The van der Waals surface area contributed by atoms with Crippen molar-refractivity contribution in [3.05, 3.63) is 64.0 Å². The molecule has 0 aliphatic carbocycles. The van der Waals surface area contributed by atoms with Crippen LogP contribution in [-0.4, -0.2) is 45.0 Å². The Kier molecular flexibility index (Phi) is 6.53. The molecule has 1 amide bonds. The van der Waals surface area contributed by atoms with E-state index < -0.39 is 5.60 Å². The van der Waals surface area contributed by atoms with Crippen molar-refractivity contribution in [3.63, 3.8) is 0 Å². The number of rotatable bonds is 8. The maximum atomic E-state index is 12.7. The predicted molar refractivity (Wildman–Crippen MR) is 112 cm³/mol. The van der Waals surface area contributed by atoms with Crippen molar-refractivity contribution in [1.29, 1.82) is 0 Å². The van der Waals surface area contributed by atoms with Gasteiger partial charge in [0, 0.05) is 17.8 Å². The first-order valence-corrected chi connectivity index (χ1v) is 9.56. The highest BCUT2D eigenvalue weighted by Crippen LogP contribution is 2.22. The summed E-state index contributed by atoms with van der Waals surface area (Å²) in [4.78, 5) is 25.0. The molecule has 158 valence electrons. The second-order valence-corrected chi connectivity index (χ2v) is 7.39. The number of hydrogen-bond donors (Lipinski definition) is 1. The maximum absolute atomic E-state index is 12.7. The van der Waals surface area contributed by atoms with E-state index in [0.717, 1.165) is 0 Å². The van der Waals surface area contributed by atoms with Gasteiger partial charge >= 0.3 is 5.69 Å². The Morgan fingerprint density at radius 2 is 1.77 bits per heavy atom. The summed E-state index contributed by atoms with van der Waals surface area (Å²) in [5.41, 5.74) is -0.413. The lowest BCUT2D eigenvalue weighted by molar-refractivity contribution is -0.128. The van der Waals surface area contributed by atoms with Crippen molar-refractivity contribution in [3.8, 4) is 11.4 Å². The normalized spacial score (nSPS) is 11.3. The highest BCUT2D eigenvalue weighted by atomic mass is 35.5. The van der Waals surface area contributed by atoms with Gasteiger partial charge in [-0.05, 0) is 72.8 Å². The van der Waals surface area contributed by atoms with E-state index >= 15 is 0 Å². The topological polar surface area (TPSA) is 100 Å². The molecule has 2 aromatic carbocycles. The van der Waals surface area contributed by atoms with Gasteiger partial charge in [0.05, 0.1) is 18.8 Å². The first kappa shape index (κ1) is 21.5. The Bertz CT molecular complexity index is 1060. The number of ether oxygens (including phenoxy) is 2. The second kappa shape index (κ2) is 9.10. The lowest BCUT2D eigenvalue weighted by atomic mass is 10.1. The summed E-state index contributed by atoms with van der Waals surface area (Å²) in [5, 5.41) is 11.1. The summed E-state index contributed by atoms with van der Waals surface area (Å²) in [5.74, 6) is 0.207. The number of halogens is 1. The number of nitrogens with zero attached hydrogens (tertiary/aromatic N) is 4. The zero-order chi connectivity index (χ0) is 21.7. The Morgan fingerprint density at radius 3 is 2.40 bits per heavy atom. The first-order valence-electron chi connectivity index (χ1n) is 9.18. The lowest BCUT2D eigenvalue weighted by Gasteiger charge is -2.25. The van der Waals surface area contributed by atoms with Gasteiger partial charge in [-0.25, -0.2) is 4.79 Å². The zero-order valence-corrected chi connectivity index (χ0v) is 17.6. The van der Waals surface area contributed by atoms with Crippen LogP contribution in [0.3, 0.4) is 0 Å². The number of amides is 1. The predicted octanol–water partition coefficient (Wildman–Crippen LogP) is 2.52. The molecule has 0 spiro atoms. The minimum atomic E-state index is -1.12. The first-order chi connectivity index (χ1) is 14.3. The molecule has 0 unspecified atom stereocenters. The largest absolute Gasteiger partial charge is 0.478 e. The van der Waals surface area contributed by atoms with Gasteiger partial charge in [-0.1, -0.05) is 11.6 Å². The Hall–Kier alpha value is -3.17. The summed E-state index contributed by atoms with van der Waals surface area (Å²) in [6.45, 7) is 4.01. The molecule has 1 heterocycles. The van der Waals surface area contributed by atoms with E-state index in [2.05, 4.69) is 15.7 Å². The van der Waals surface area contributed by atoms with Gasteiger partial charge in [-0.3, -0.25) is 4.79 Å². The number of benzene rings is 2. The fourth-order valence-electron chi connectivity index (χ4n) is 2.57. The van der Waals surface area contributed by atoms with Crippen LogP contribution >= 0.6 is 11.6 Å². The number of carbonyl (C=O) groups is 1. The molecular weight excluding hydrogens is 410 g/mol. The molecule has 0 bridgehead atoms. The van der Waals surface area contributed by atoms with E-state index in [1.165, 1.54) is 9.36 Å². The molecule has 30 heavy (non-hydrogen) atoms. The molecule has 1 aromatic heterocycles.